The van der Waals surface area contributed by atoms with Crippen LogP contribution in [0.1, 0.15) is 12.5 Å². The zero-order chi connectivity index (χ0) is 15.4. The molecule has 0 aliphatic rings. The number of carbonyl (C=O) groups is 1. The molecule has 0 saturated heterocycles. The highest BCUT2D eigenvalue weighted by atomic mass is 127. The minimum atomic E-state index is -0.151. The number of hydrogen-bond donors (Lipinski definition) is 3. The molecule has 0 bridgehead atoms. The van der Waals surface area contributed by atoms with Crippen LogP contribution in [0.3, 0.4) is 0 Å². The summed E-state index contributed by atoms with van der Waals surface area (Å²) in [6, 6.07) is 9.95. The van der Waals surface area contributed by atoms with Crippen molar-refractivity contribution in [1.82, 2.24) is 0 Å². The Morgan fingerprint density at radius 1 is 1.24 bits per heavy atom. The number of aromatic hydroxyl groups is 2. The molecule has 0 heterocycles. The predicted molar refractivity (Wildman–Crippen MR) is 90.5 cm³/mol. The second kappa shape index (κ2) is 6.57. The number of rotatable bonds is 3. The maximum Gasteiger partial charge on any atom is 0.221 e. The summed E-state index contributed by atoms with van der Waals surface area (Å²) in [5, 5.41) is 21.9. The van der Waals surface area contributed by atoms with Crippen LogP contribution in [0.4, 0.5) is 11.4 Å². The minimum Gasteiger partial charge on any atom is -0.507 e. The zero-order valence-corrected chi connectivity index (χ0v) is 13.3. The smallest absolute Gasteiger partial charge is 0.221 e. The predicted octanol–water partition coefficient (Wildman–Crippen LogP) is 3.41. The first-order chi connectivity index (χ1) is 9.95. The van der Waals surface area contributed by atoms with Gasteiger partial charge in [0.15, 0.2) is 0 Å². The van der Waals surface area contributed by atoms with Gasteiger partial charge in [0.2, 0.25) is 5.91 Å². The SMILES string of the molecule is CC(=O)Nc1cccc(N=Cc2cc(I)c(O)cc2O)c1. The molecule has 108 valence electrons. The number of halogens is 1. The van der Waals surface area contributed by atoms with Crippen molar-refractivity contribution in [3.63, 3.8) is 0 Å². The van der Waals surface area contributed by atoms with Crippen molar-refractivity contribution in [2.75, 3.05) is 5.32 Å². The fourth-order valence-corrected chi connectivity index (χ4v) is 2.17. The van der Waals surface area contributed by atoms with Gasteiger partial charge >= 0.3 is 0 Å². The van der Waals surface area contributed by atoms with Gasteiger partial charge < -0.3 is 15.5 Å². The van der Waals surface area contributed by atoms with Gasteiger partial charge in [0.1, 0.15) is 11.5 Å². The number of aliphatic imine (C=N–C) groups is 1. The number of phenols is 2. The Hall–Kier alpha value is -2.09. The summed E-state index contributed by atoms with van der Waals surface area (Å²) in [5.41, 5.74) is 1.80. The average Bonchev–Trinajstić information content (AvgIpc) is 2.41. The van der Waals surface area contributed by atoms with Crippen LogP contribution < -0.4 is 5.32 Å². The number of amides is 1. The normalized spacial score (nSPS) is 10.8. The van der Waals surface area contributed by atoms with Gasteiger partial charge in [-0.25, -0.2) is 0 Å². The van der Waals surface area contributed by atoms with E-state index in [-0.39, 0.29) is 17.4 Å². The molecule has 0 aromatic heterocycles. The topological polar surface area (TPSA) is 81.9 Å². The average molecular weight is 396 g/mol. The number of hydrogen-bond acceptors (Lipinski definition) is 4. The lowest BCUT2D eigenvalue weighted by molar-refractivity contribution is -0.114. The van der Waals surface area contributed by atoms with Crippen LogP contribution in [0.2, 0.25) is 0 Å². The summed E-state index contributed by atoms with van der Waals surface area (Å²) in [5.74, 6) is -0.172. The Morgan fingerprint density at radius 2 is 2.00 bits per heavy atom. The summed E-state index contributed by atoms with van der Waals surface area (Å²) in [6.45, 7) is 1.44. The lowest BCUT2D eigenvalue weighted by atomic mass is 10.2. The van der Waals surface area contributed by atoms with Crippen molar-refractivity contribution in [2.24, 2.45) is 4.99 Å². The molecule has 3 N–H and O–H groups in total. The second-order valence-corrected chi connectivity index (χ2v) is 5.51. The van der Waals surface area contributed by atoms with Crippen LogP contribution >= 0.6 is 22.6 Å². The van der Waals surface area contributed by atoms with E-state index in [2.05, 4.69) is 10.3 Å². The number of carbonyl (C=O) groups excluding carboxylic acids is 1. The highest BCUT2D eigenvalue weighted by molar-refractivity contribution is 14.1. The number of nitrogens with one attached hydrogen (secondary N) is 1. The third-order valence-electron chi connectivity index (χ3n) is 2.62. The summed E-state index contributed by atoms with van der Waals surface area (Å²) in [7, 11) is 0. The molecule has 1 amide bonds. The van der Waals surface area contributed by atoms with Gasteiger partial charge in [-0.2, -0.15) is 0 Å². The van der Waals surface area contributed by atoms with E-state index in [0.717, 1.165) is 0 Å². The monoisotopic (exact) mass is 396 g/mol. The molecule has 2 aromatic carbocycles. The molecule has 0 saturated carbocycles. The molecule has 0 atom stereocenters. The summed E-state index contributed by atoms with van der Waals surface area (Å²) >= 11 is 1.97. The molecule has 6 heteroatoms. The third-order valence-corrected chi connectivity index (χ3v) is 3.48. The molecule has 0 aliphatic heterocycles. The van der Waals surface area contributed by atoms with Gasteiger partial charge in [0.25, 0.3) is 0 Å². The molecular weight excluding hydrogens is 383 g/mol. The Morgan fingerprint density at radius 3 is 2.71 bits per heavy atom. The highest BCUT2D eigenvalue weighted by Gasteiger charge is 2.05. The fraction of sp³-hybridized carbons (Fsp3) is 0.0667. The summed E-state index contributed by atoms with van der Waals surface area (Å²) in [4.78, 5) is 15.3. The van der Waals surface area contributed by atoms with Crippen LogP contribution in [0.25, 0.3) is 0 Å². The molecule has 0 fully saturated rings. The number of phenolic OH excluding ortho intramolecular Hbond substituents is 2. The maximum absolute atomic E-state index is 11.0. The van der Waals surface area contributed by atoms with Crippen LogP contribution in [0, 0.1) is 3.57 Å². The molecule has 0 spiro atoms. The highest BCUT2D eigenvalue weighted by Crippen LogP contribution is 2.28. The summed E-state index contributed by atoms with van der Waals surface area (Å²) < 4.78 is 0.624. The van der Waals surface area contributed by atoms with E-state index >= 15 is 0 Å². The maximum atomic E-state index is 11.0. The Kier molecular flexibility index (Phi) is 4.79. The molecule has 21 heavy (non-hydrogen) atoms. The molecule has 5 nitrogen and oxygen atoms in total. The van der Waals surface area contributed by atoms with Crippen LogP contribution in [-0.4, -0.2) is 22.3 Å². The molecule has 0 aliphatic carbocycles. The van der Waals surface area contributed by atoms with Crippen molar-refractivity contribution in [2.45, 2.75) is 6.92 Å². The third kappa shape index (κ3) is 4.19. The van der Waals surface area contributed by atoms with Gasteiger partial charge in [-0.05, 0) is 46.9 Å². The number of anilines is 1. The zero-order valence-electron chi connectivity index (χ0n) is 11.2. The van der Waals surface area contributed by atoms with Gasteiger partial charge in [-0.15, -0.1) is 0 Å². The fourth-order valence-electron chi connectivity index (χ4n) is 1.68. The van der Waals surface area contributed by atoms with Crippen molar-refractivity contribution in [3.8, 4) is 11.5 Å². The Bertz CT molecular complexity index is 714. The number of benzene rings is 2. The quantitative estimate of drug-likeness (QED) is 0.550. The molecule has 2 aromatic rings. The largest absolute Gasteiger partial charge is 0.507 e. The van der Waals surface area contributed by atoms with E-state index in [1.807, 2.05) is 22.6 Å². The number of nitrogens with zero attached hydrogens (tertiary/aromatic N) is 1. The van der Waals surface area contributed by atoms with E-state index in [1.165, 1.54) is 19.2 Å². The van der Waals surface area contributed by atoms with Crippen LogP contribution in [0.15, 0.2) is 41.4 Å². The van der Waals surface area contributed by atoms with E-state index in [1.54, 1.807) is 30.3 Å². The van der Waals surface area contributed by atoms with Gasteiger partial charge in [-0.1, -0.05) is 6.07 Å². The van der Waals surface area contributed by atoms with E-state index in [9.17, 15) is 15.0 Å². The van der Waals surface area contributed by atoms with Crippen LogP contribution in [0.5, 0.6) is 11.5 Å². The van der Waals surface area contributed by atoms with E-state index in [0.29, 0.717) is 20.5 Å². The first-order valence-electron chi connectivity index (χ1n) is 6.09. The molecule has 0 radical (unpaired) electrons. The van der Waals surface area contributed by atoms with E-state index < -0.39 is 0 Å². The molecule has 2 rings (SSSR count). The van der Waals surface area contributed by atoms with Crippen molar-refractivity contribution < 1.29 is 15.0 Å². The van der Waals surface area contributed by atoms with Gasteiger partial charge in [0.05, 0.1) is 9.26 Å². The Balaban J connectivity index is 2.25. The van der Waals surface area contributed by atoms with Crippen LogP contribution in [-0.2, 0) is 4.79 Å². The lowest BCUT2D eigenvalue weighted by Crippen LogP contribution is -2.05. The second-order valence-electron chi connectivity index (χ2n) is 4.35. The van der Waals surface area contributed by atoms with Crippen molar-refractivity contribution in [1.29, 1.82) is 0 Å². The van der Waals surface area contributed by atoms with Gasteiger partial charge in [0, 0.05) is 30.5 Å². The Labute approximate surface area is 135 Å². The standard InChI is InChI=1S/C15H13IN2O3/c1-9(19)18-12-4-2-3-11(6-12)17-8-10-5-13(16)15(21)7-14(10)20/h2-8,20-21H,1H3,(H,18,19). The van der Waals surface area contributed by atoms with Crippen molar-refractivity contribution in [3.05, 3.63) is 45.5 Å². The molecular formula is C15H13IN2O3. The lowest BCUT2D eigenvalue weighted by Gasteiger charge is -2.04. The molecule has 0 unspecified atom stereocenters. The van der Waals surface area contributed by atoms with Crippen molar-refractivity contribution >= 4 is 46.1 Å². The summed E-state index contributed by atoms with van der Waals surface area (Å²) in [6.07, 6.45) is 1.50. The van der Waals surface area contributed by atoms with Gasteiger partial charge in [-0.3, -0.25) is 9.79 Å². The first kappa shape index (κ1) is 15.3. The first-order valence-corrected chi connectivity index (χ1v) is 7.17. The minimum absolute atomic E-state index is 0.0258. The van der Waals surface area contributed by atoms with E-state index in [4.69, 9.17) is 0 Å².